The fraction of sp³-hybridized carbons (Fsp3) is 0.294. The van der Waals surface area contributed by atoms with Crippen LogP contribution in [-0.4, -0.2) is 0 Å². The zero-order chi connectivity index (χ0) is 13.4. The number of halogens is 1. The molecule has 1 nitrogen and oxygen atoms in total. The van der Waals surface area contributed by atoms with E-state index in [-0.39, 0.29) is 11.9 Å². The minimum Gasteiger partial charge on any atom is -0.323 e. The van der Waals surface area contributed by atoms with Gasteiger partial charge in [-0.05, 0) is 48.1 Å². The van der Waals surface area contributed by atoms with Crippen LogP contribution in [0.15, 0.2) is 42.5 Å². The molecule has 2 atom stereocenters. The Morgan fingerprint density at radius 3 is 2.79 bits per heavy atom. The highest BCUT2D eigenvalue weighted by Crippen LogP contribution is 2.40. The maximum Gasteiger partial charge on any atom is 0.126 e. The Morgan fingerprint density at radius 1 is 1.21 bits per heavy atom. The van der Waals surface area contributed by atoms with Gasteiger partial charge >= 0.3 is 0 Å². The fourth-order valence-electron chi connectivity index (χ4n) is 3.01. The largest absolute Gasteiger partial charge is 0.323 e. The number of fused-ring (bicyclic) bond motifs is 1. The van der Waals surface area contributed by atoms with Gasteiger partial charge in [0.1, 0.15) is 5.82 Å². The van der Waals surface area contributed by atoms with Gasteiger partial charge < -0.3 is 5.73 Å². The van der Waals surface area contributed by atoms with Crippen molar-refractivity contribution >= 4 is 0 Å². The van der Waals surface area contributed by atoms with E-state index < -0.39 is 0 Å². The first-order chi connectivity index (χ1) is 9.16. The molecular weight excluding hydrogens is 237 g/mol. The summed E-state index contributed by atoms with van der Waals surface area (Å²) in [5, 5.41) is 0. The van der Waals surface area contributed by atoms with Crippen LogP contribution < -0.4 is 5.73 Å². The summed E-state index contributed by atoms with van der Waals surface area (Å²) in [4.78, 5) is 0. The number of benzene rings is 2. The molecule has 0 amide bonds. The summed E-state index contributed by atoms with van der Waals surface area (Å²) in [6, 6.07) is 13.7. The lowest BCUT2D eigenvalue weighted by Crippen LogP contribution is -2.18. The number of rotatable bonds is 2. The van der Waals surface area contributed by atoms with Crippen molar-refractivity contribution in [1.29, 1.82) is 0 Å². The monoisotopic (exact) mass is 255 g/mol. The Morgan fingerprint density at radius 2 is 2.00 bits per heavy atom. The van der Waals surface area contributed by atoms with Crippen LogP contribution in [0.3, 0.4) is 0 Å². The van der Waals surface area contributed by atoms with Gasteiger partial charge in [-0.1, -0.05) is 36.4 Å². The SMILES string of the molecule is Cc1ccc(C(N)C2CCc3ccccc32)cc1F. The average molecular weight is 255 g/mol. The van der Waals surface area contributed by atoms with E-state index in [1.54, 1.807) is 13.0 Å². The van der Waals surface area contributed by atoms with Crippen LogP contribution >= 0.6 is 0 Å². The van der Waals surface area contributed by atoms with Crippen molar-refractivity contribution in [1.82, 2.24) is 0 Å². The van der Waals surface area contributed by atoms with Crippen LogP contribution in [0.5, 0.6) is 0 Å². The first-order valence-corrected chi connectivity index (χ1v) is 6.76. The quantitative estimate of drug-likeness (QED) is 0.866. The topological polar surface area (TPSA) is 26.0 Å². The molecule has 0 aliphatic heterocycles. The summed E-state index contributed by atoms with van der Waals surface area (Å²) in [5.74, 6) is 0.137. The van der Waals surface area contributed by atoms with Gasteiger partial charge in [-0.2, -0.15) is 0 Å². The van der Waals surface area contributed by atoms with E-state index in [9.17, 15) is 4.39 Å². The molecule has 0 bridgehead atoms. The molecule has 1 aliphatic rings. The Hall–Kier alpha value is -1.67. The summed E-state index contributed by atoms with van der Waals surface area (Å²) < 4.78 is 13.7. The van der Waals surface area contributed by atoms with Crippen molar-refractivity contribution in [3.63, 3.8) is 0 Å². The average Bonchev–Trinajstić information content (AvgIpc) is 2.85. The van der Waals surface area contributed by atoms with Crippen molar-refractivity contribution < 1.29 is 4.39 Å². The smallest absolute Gasteiger partial charge is 0.126 e. The lowest BCUT2D eigenvalue weighted by Gasteiger charge is -2.21. The van der Waals surface area contributed by atoms with Crippen LogP contribution in [0.1, 0.15) is 40.6 Å². The molecule has 0 spiro atoms. The molecule has 0 saturated carbocycles. The number of hydrogen-bond donors (Lipinski definition) is 1. The zero-order valence-corrected chi connectivity index (χ0v) is 11.1. The predicted molar refractivity (Wildman–Crippen MR) is 75.6 cm³/mol. The maximum absolute atomic E-state index is 13.7. The third kappa shape index (κ3) is 2.17. The molecule has 0 heterocycles. The molecule has 2 heteroatoms. The first-order valence-electron chi connectivity index (χ1n) is 6.76. The van der Waals surface area contributed by atoms with Crippen molar-refractivity contribution in [2.45, 2.75) is 31.7 Å². The van der Waals surface area contributed by atoms with E-state index in [4.69, 9.17) is 5.73 Å². The van der Waals surface area contributed by atoms with Gasteiger partial charge in [0.15, 0.2) is 0 Å². The van der Waals surface area contributed by atoms with Gasteiger partial charge in [-0.3, -0.25) is 0 Å². The third-order valence-corrected chi connectivity index (χ3v) is 4.19. The summed E-state index contributed by atoms with van der Waals surface area (Å²) in [6.45, 7) is 1.77. The van der Waals surface area contributed by atoms with Crippen LogP contribution in [0, 0.1) is 12.7 Å². The Bertz CT molecular complexity index is 606. The number of nitrogens with two attached hydrogens (primary N) is 1. The van der Waals surface area contributed by atoms with E-state index in [0.29, 0.717) is 11.5 Å². The molecule has 2 N–H and O–H groups in total. The van der Waals surface area contributed by atoms with Crippen molar-refractivity contribution in [2.75, 3.05) is 0 Å². The summed E-state index contributed by atoms with van der Waals surface area (Å²) in [5.41, 5.74) is 10.6. The van der Waals surface area contributed by atoms with Gasteiger partial charge in [0.2, 0.25) is 0 Å². The van der Waals surface area contributed by atoms with Crippen LogP contribution in [-0.2, 0) is 6.42 Å². The highest BCUT2D eigenvalue weighted by atomic mass is 19.1. The standard InChI is InChI=1S/C17H18FN/c1-11-6-7-13(10-16(11)18)17(19)15-9-8-12-4-2-3-5-14(12)15/h2-7,10,15,17H,8-9,19H2,1H3. The lowest BCUT2D eigenvalue weighted by molar-refractivity contribution is 0.543. The Kier molecular flexibility index (Phi) is 3.11. The Labute approximate surface area is 113 Å². The van der Waals surface area contributed by atoms with Gasteiger partial charge in [0.25, 0.3) is 0 Å². The molecule has 98 valence electrons. The minimum atomic E-state index is -0.167. The zero-order valence-electron chi connectivity index (χ0n) is 11.1. The molecule has 0 fully saturated rings. The van der Waals surface area contributed by atoms with Crippen LogP contribution in [0.4, 0.5) is 4.39 Å². The lowest BCUT2D eigenvalue weighted by atomic mass is 9.88. The van der Waals surface area contributed by atoms with Crippen molar-refractivity contribution in [3.05, 3.63) is 70.5 Å². The summed E-state index contributed by atoms with van der Waals surface area (Å²) >= 11 is 0. The molecule has 3 rings (SSSR count). The molecule has 2 aromatic rings. The molecule has 0 radical (unpaired) electrons. The predicted octanol–water partition coefficient (Wildman–Crippen LogP) is 3.86. The molecule has 2 aromatic carbocycles. The van der Waals surface area contributed by atoms with Crippen LogP contribution in [0.2, 0.25) is 0 Å². The third-order valence-electron chi connectivity index (χ3n) is 4.19. The normalized spacial score (nSPS) is 19.2. The van der Waals surface area contributed by atoms with Gasteiger partial charge in [0.05, 0.1) is 0 Å². The number of aryl methyl sites for hydroxylation is 2. The van der Waals surface area contributed by atoms with Gasteiger partial charge in [0, 0.05) is 12.0 Å². The highest BCUT2D eigenvalue weighted by molar-refractivity contribution is 5.38. The number of hydrogen-bond acceptors (Lipinski definition) is 1. The van der Waals surface area contributed by atoms with E-state index in [1.165, 1.54) is 11.1 Å². The van der Waals surface area contributed by atoms with Crippen molar-refractivity contribution in [2.24, 2.45) is 5.73 Å². The van der Waals surface area contributed by atoms with Crippen molar-refractivity contribution in [3.8, 4) is 0 Å². The van der Waals surface area contributed by atoms with E-state index in [1.807, 2.05) is 12.1 Å². The molecule has 19 heavy (non-hydrogen) atoms. The highest BCUT2D eigenvalue weighted by Gasteiger charge is 2.28. The molecule has 0 saturated heterocycles. The molecular formula is C17H18FN. The van der Waals surface area contributed by atoms with E-state index in [2.05, 4.69) is 24.3 Å². The maximum atomic E-state index is 13.7. The first kappa shape index (κ1) is 12.4. The second kappa shape index (κ2) is 4.78. The summed E-state index contributed by atoms with van der Waals surface area (Å²) in [6.07, 6.45) is 2.12. The second-order valence-electron chi connectivity index (χ2n) is 5.38. The molecule has 0 aromatic heterocycles. The van der Waals surface area contributed by atoms with Gasteiger partial charge in [-0.15, -0.1) is 0 Å². The summed E-state index contributed by atoms with van der Waals surface area (Å²) in [7, 11) is 0. The van der Waals surface area contributed by atoms with Crippen LogP contribution in [0.25, 0.3) is 0 Å². The second-order valence-corrected chi connectivity index (χ2v) is 5.38. The van der Waals surface area contributed by atoms with E-state index >= 15 is 0 Å². The molecule has 1 aliphatic carbocycles. The Balaban J connectivity index is 1.93. The minimum absolute atomic E-state index is 0.126. The molecule has 2 unspecified atom stereocenters. The van der Waals surface area contributed by atoms with Gasteiger partial charge in [-0.25, -0.2) is 4.39 Å². The fourth-order valence-corrected chi connectivity index (χ4v) is 3.01. The van der Waals surface area contributed by atoms with E-state index in [0.717, 1.165) is 18.4 Å².